The van der Waals surface area contributed by atoms with Crippen molar-refractivity contribution >= 4 is 17.8 Å². The fourth-order valence-corrected chi connectivity index (χ4v) is 5.55. The van der Waals surface area contributed by atoms with Crippen LogP contribution in [-0.2, 0) is 22.6 Å². The number of rotatable bonds is 7. The van der Waals surface area contributed by atoms with Gasteiger partial charge in [-0.25, -0.2) is 9.80 Å². The van der Waals surface area contributed by atoms with Crippen LogP contribution in [0.4, 0.5) is 4.79 Å². The van der Waals surface area contributed by atoms with Gasteiger partial charge in [0.2, 0.25) is 11.8 Å². The van der Waals surface area contributed by atoms with E-state index in [0.29, 0.717) is 13.0 Å². The molecule has 2 aliphatic rings. The molecule has 2 saturated heterocycles. The number of fused-ring (bicyclic) bond motifs is 1. The second-order valence-corrected chi connectivity index (χ2v) is 10.1. The number of carbonyl (C=O) groups is 3. The maximum atomic E-state index is 14.1. The zero-order chi connectivity index (χ0) is 30.1. The number of urea groups is 1. The minimum Gasteiger partial charge on any atom is -0.333 e. The number of carbonyl (C=O) groups excluding carboxylic acids is 3. The molecule has 0 saturated carbocycles. The van der Waals surface area contributed by atoms with Crippen molar-refractivity contribution in [3.05, 3.63) is 108 Å². The summed E-state index contributed by atoms with van der Waals surface area (Å²) < 4.78 is 0. The Morgan fingerprint density at radius 1 is 0.929 bits per heavy atom. The van der Waals surface area contributed by atoms with Gasteiger partial charge in [-0.15, -0.1) is 6.42 Å². The first-order chi connectivity index (χ1) is 20.5. The Balaban J connectivity index is 0.00000198. The van der Waals surface area contributed by atoms with Gasteiger partial charge >= 0.3 is 6.03 Å². The summed E-state index contributed by atoms with van der Waals surface area (Å²) in [7, 11) is 0. The SMILES string of the molecule is C#CCN1CC(=O)N2C(CN(C(C)c3ccccc3)C(=O)[C@@H]2Cc2ccccc2)N1C(=O)NCc1ccccc1.CC. The van der Waals surface area contributed by atoms with Crippen molar-refractivity contribution < 1.29 is 14.4 Å². The highest BCUT2D eigenvalue weighted by atomic mass is 16.2. The van der Waals surface area contributed by atoms with Gasteiger partial charge in [0, 0.05) is 13.0 Å². The number of terminal acetylenes is 1. The molecule has 0 bridgehead atoms. The van der Waals surface area contributed by atoms with E-state index in [1.807, 2.05) is 112 Å². The molecule has 8 heteroatoms. The molecule has 8 nitrogen and oxygen atoms in total. The summed E-state index contributed by atoms with van der Waals surface area (Å²) in [5.41, 5.74) is 2.86. The molecule has 3 aromatic carbocycles. The molecule has 5 rings (SSSR count). The van der Waals surface area contributed by atoms with Crippen LogP contribution in [0.15, 0.2) is 91.0 Å². The molecule has 2 unspecified atom stereocenters. The Kier molecular flexibility index (Phi) is 10.4. The lowest BCUT2D eigenvalue weighted by Gasteiger charge is -2.55. The van der Waals surface area contributed by atoms with Crippen LogP contribution in [0.5, 0.6) is 0 Å². The molecular formula is C34H39N5O3. The monoisotopic (exact) mass is 565 g/mol. The molecule has 42 heavy (non-hydrogen) atoms. The van der Waals surface area contributed by atoms with Crippen molar-refractivity contribution in [2.75, 3.05) is 19.6 Å². The molecule has 0 spiro atoms. The molecule has 4 amide bonds. The Hall–Kier alpha value is -4.61. The average Bonchev–Trinajstić information content (AvgIpc) is 3.03. The summed E-state index contributed by atoms with van der Waals surface area (Å²) in [6.07, 6.45) is 5.29. The third kappa shape index (κ3) is 6.64. The fraction of sp³-hybridized carbons (Fsp3) is 0.324. The number of nitrogens with one attached hydrogen (secondary N) is 1. The second-order valence-electron chi connectivity index (χ2n) is 10.1. The van der Waals surface area contributed by atoms with Gasteiger partial charge in [0.25, 0.3) is 0 Å². The van der Waals surface area contributed by atoms with Gasteiger partial charge in [0.15, 0.2) is 0 Å². The van der Waals surface area contributed by atoms with E-state index in [1.165, 1.54) is 0 Å². The van der Waals surface area contributed by atoms with Gasteiger partial charge in [-0.2, -0.15) is 5.01 Å². The van der Waals surface area contributed by atoms with Gasteiger partial charge in [-0.1, -0.05) is 111 Å². The van der Waals surface area contributed by atoms with Gasteiger partial charge < -0.3 is 15.1 Å². The number of nitrogens with zero attached hydrogens (tertiary/aromatic N) is 4. The molecular weight excluding hydrogens is 526 g/mol. The molecule has 2 fully saturated rings. The van der Waals surface area contributed by atoms with Crippen molar-refractivity contribution in [2.45, 2.75) is 52.0 Å². The Bertz CT molecular complexity index is 1380. The molecule has 3 atom stereocenters. The van der Waals surface area contributed by atoms with E-state index < -0.39 is 12.2 Å². The zero-order valence-electron chi connectivity index (χ0n) is 24.5. The molecule has 0 radical (unpaired) electrons. The van der Waals surface area contributed by atoms with Crippen LogP contribution in [0.25, 0.3) is 0 Å². The van der Waals surface area contributed by atoms with Crippen LogP contribution in [-0.4, -0.2) is 69.5 Å². The van der Waals surface area contributed by atoms with Crippen molar-refractivity contribution in [2.24, 2.45) is 0 Å². The number of hydrogen-bond acceptors (Lipinski definition) is 4. The maximum absolute atomic E-state index is 14.1. The van der Waals surface area contributed by atoms with E-state index in [0.717, 1.165) is 16.7 Å². The highest BCUT2D eigenvalue weighted by Gasteiger charge is 2.52. The van der Waals surface area contributed by atoms with Crippen LogP contribution in [0.2, 0.25) is 0 Å². The standard InChI is InChI=1S/C32H33N5O3.C2H6/c1-3-19-34-23-30(38)36-28(20-25-13-7-4-8-14-25)31(39)35(24(2)27-17-11-6-12-18-27)22-29(36)37(34)32(40)33-21-26-15-9-5-10-16-26;1-2/h1,4-18,24,28-29H,19-23H2,2H3,(H,33,40);1-2H3/t24?,28-,29?;/m0./s1. The van der Waals surface area contributed by atoms with E-state index >= 15 is 0 Å². The van der Waals surface area contributed by atoms with E-state index in [9.17, 15) is 14.4 Å². The molecule has 2 aliphatic heterocycles. The van der Waals surface area contributed by atoms with E-state index in [-0.39, 0.29) is 43.5 Å². The average molecular weight is 566 g/mol. The molecule has 218 valence electrons. The smallest absolute Gasteiger partial charge is 0.333 e. The third-order valence-corrected chi connectivity index (χ3v) is 7.57. The summed E-state index contributed by atoms with van der Waals surface area (Å²) in [6, 6.07) is 27.6. The second kappa shape index (κ2) is 14.3. The minimum absolute atomic E-state index is 0.0837. The van der Waals surface area contributed by atoms with Crippen molar-refractivity contribution in [3.63, 3.8) is 0 Å². The van der Waals surface area contributed by atoms with Crippen molar-refractivity contribution in [3.8, 4) is 12.3 Å². The number of benzene rings is 3. The van der Waals surface area contributed by atoms with Crippen LogP contribution < -0.4 is 5.32 Å². The first kappa shape index (κ1) is 30.4. The molecule has 2 heterocycles. The quantitative estimate of drug-likeness (QED) is 0.430. The van der Waals surface area contributed by atoms with Crippen LogP contribution in [0.1, 0.15) is 43.5 Å². The third-order valence-electron chi connectivity index (χ3n) is 7.57. The van der Waals surface area contributed by atoms with Crippen molar-refractivity contribution in [1.29, 1.82) is 0 Å². The number of hydrazine groups is 1. The lowest BCUT2D eigenvalue weighted by Crippen LogP contribution is -2.76. The van der Waals surface area contributed by atoms with Crippen LogP contribution in [0, 0.1) is 12.3 Å². The lowest BCUT2D eigenvalue weighted by atomic mass is 9.96. The number of hydrogen-bond donors (Lipinski definition) is 1. The minimum atomic E-state index is -0.766. The van der Waals surface area contributed by atoms with Gasteiger partial charge in [0.1, 0.15) is 12.2 Å². The number of amides is 4. The Labute approximate surface area is 248 Å². The summed E-state index contributed by atoms with van der Waals surface area (Å²) in [4.78, 5) is 44.9. The highest BCUT2D eigenvalue weighted by molar-refractivity contribution is 5.92. The Morgan fingerprint density at radius 3 is 2.10 bits per heavy atom. The summed E-state index contributed by atoms with van der Waals surface area (Å²) in [6.45, 7) is 6.45. The fourth-order valence-electron chi connectivity index (χ4n) is 5.55. The normalized spacial score (nSPS) is 19.2. The van der Waals surface area contributed by atoms with Gasteiger partial charge in [0.05, 0.1) is 25.7 Å². The van der Waals surface area contributed by atoms with Crippen LogP contribution >= 0.6 is 0 Å². The molecule has 3 aromatic rings. The molecule has 0 aromatic heterocycles. The summed E-state index contributed by atoms with van der Waals surface area (Å²) in [5.74, 6) is 2.22. The van der Waals surface area contributed by atoms with Crippen molar-refractivity contribution in [1.82, 2.24) is 25.1 Å². The zero-order valence-corrected chi connectivity index (χ0v) is 24.5. The van der Waals surface area contributed by atoms with Gasteiger partial charge in [-0.3, -0.25) is 9.59 Å². The van der Waals surface area contributed by atoms with Gasteiger partial charge in [-0.05, 0) is 23.6 Å². The topological polar surface area (TPSA) is 76.2 Å². The first-order valence-corrected chi connectivity index (χ1v) is 14.5. The molecule has 1 N–H and O–H groups in total. The Morgan fingerprint density at radius 2 is 1.50 bits per heavy atom. The maximum Gasteiger partial charge on any atom is 0.334 e. The first-order valence-electron chi connectivity index (χ1n) is 14.5. The van der Waals surface area contributed by atoms with E-state index in [2.05, 4.69) is 11.2 Å². The van der Waals surface area contributed by atoms with E-state index in [4.69, 9.17) is 6.42 Å². The number of piperazine rings is 1. The molecule has 0 aliphatic carbocycles. The lowest BCUT2D eigenvalue weighted by molar-refractivity contribution is -0.190. The summed E-state index contributed by atoms with van der Waals surface area (Å²) in [5, 5.41) is 6.13. The highest BCUT2D eigenvalue weighted by Crippen LogP contribution is 2.32. The largest absolute Gasteiger partial charge is 0.334 e. The van der Waals surface area contributed by atoms with Crippen LogP contribution in [0.3, 0.4) is 0 Å². The predicted octanol–water partition coefficient (Wildman–Crippen LogP) is 4.46. The van der Waals surface area contributed by atoms with E-state index in [1.54, 1.807) is 19.8 Å². The predicted molar refractivity (Wildman–Crippen MR) is 163 cm³/mol. The summed E-state index contributed by atoms with van der Waals surface area (Å²) >= 11 is 0.